The minimum atomic E-state index is -0.182. The molecule has 5 nitrogen and oxygen atoms in total. The van der Waals surface area contributed by atoms with Crippen LogP contribution >= 0.6 is 11.6 Å². The molecule has 1 N–H and O–H groups in total. The van der Waals surface area contributed by atoms with Crippen molar-refractivity contribution in [3.8, 4) is 0 Å². The molecule has 28 heavy (non-hydrogen) atoms. The van der Waals surface area contributed by atoms with Crippen molar-refractivity contribution in [3.63, 3.8) is 0 Å². The van der Waals surface area contributed by atoms with Gasteiger partial charge in [-0.15, -0.1) is 0 Å². The summed E-state index contributed by atoms with van der Waals surface area (Å²) < 4.78 is 0. The van der Waals surface area contributed by atoms with Gasteiger partial charge in [0, 0.05) is 42.3 Å². The molecule has 0 spiro atoms. The van der Waals surface area contributed by atoms with Crippen molar-refractivity contribution in [1.82, 2.24) is 15.2 Å². The van der Waals surface area contributed by atoms with Gasteiger partial charge in [-0.1, -0.05) is 29.8 Å². The summed E-state index contributed by atoms with van der Waals surface area (Å²) >= 11 is 6.31. The van der Waals surface area contributed by atoms with Crippen LogP contribution in [0.15, 0.2) is 36.4 Å². The number of likely N-dealkylation sites (tertiary alicyclic amines) is 1. The lowest BCUT2D eigenvalue weighted by atomic mass is 9.91. The van der Waals surface area contributed by atoms with E-state index < -0.39 is 0 Å². The number of piperidine rings is 1. The molecule has 148 valence electrons. The zero-order chi connectivity index (χ0) is 20.1. The number of benzene rings is 1. The summed E-state index contributed by atoms with van der Waals surface area (Å²) in [6, 6.07) is 12.2. The lowest BCUT2D eigenvalue weighted by molar-refractivity contribution is -0.133. The monoisotopic (exact) mass is 399 g/mol. The van der Waals surface area contributed by atoms with Crippen LogP contribution in [0.2, 0.25) is 5.02 Å². The van der Waals surface area contributed by atoms with Crippen LogP contribution in [-0.2, 0) is 16.0 Å². The number of hydrogen-bond donors (Lipinski definition) is 1. The maximum Gasteiger partial charge on any atom is 0.241 e. The number of carbonyl (C=O) groups excluding carboxylic acids is 2. The number of nitrogens with one attached hydrogen (secondary N) is 1. The van der Waals surface area contributed by atoms with Gasteiger partial charge in [0.15, 0.2) is 0 Å². The molecule has 1 fully saturated rings. The third-order valence-corrected chi connectivity index (χ3v) is 5.51. The molecule has 0 aliphatic carbocycles. The second-order valence-electron chi connectivity index (χ2n) is 7.37. The van der Waals surface area contributed by atoms with E-state index in [0.29, 0.717) is 19.0 Å². The summed E-state index contributed by atoms with van der Waals surface area (Å²) in [7, 11) is 0. The number of pyridine rings is 1. The Morgan fingerprint density at radius 3 is 2.61 bits per heavy atom. The summed E-state index contributed by atoms with van der Waals surface area (Å²) in [5.74, 6) is 0.137. The lowest BCUT2D eigenvalue weighted by Crippen LogP contribution is -2.43. The molecule has 0 radical (unpaired) electrons. The normalized spacial score (nSPS) is 14.8. The van der Waals surface area contributed by atoms with Gasteiger partial charge in [0.1, 0.15) is 0 Å². The predicted octanol–water partition coefficient (Wildman–Crippen LogP) is 3.48. The third kappa shape index (κ3) is 5.32. The van der Waals surface area contributed by atoms with Crippen LogP contribution in [0.25, 0.3) is 0 Å². The minimum Gasteiger partial charge on any atom is -0.347 e. The van der Waals surface area contributed by atoms with Crippen LogP contribution in [0.5, 0.6) is 0 Å². The Hall–Kier alpha value is -2.40. The number of aromatic nitrogens is 1. The SMILES string of the molecule is CC(=O)NCC(=O)N1CCC(c2cc(Cc3ccccc3Cl)cc(C)n2)CC1. The number of amides is 2. The van der Waals surface area contributed by atoms with Gasteiger partial charge in [0.2, 0.25) is 11.8 Å². The first-order chi connectivity index (χ1) is 13.4. The van der Waals surface area contributed by atoms with Crippen molar-refractivity contribution in [3.05, 3.63) is 63.9 Å². The van der Waals surface area contributed by atoms with Gasteiger partial charge in [0.05, 0.1) is 6.54 Å². The Morgan fingerprint density at radius 1 is 1.21 bits per heavy atom. The molecule has 2 aromatic rings. The van der Waals surface area contributed by atoms with E-state index in [0.717, 1.165) is 41.2 Å². The first-order valence-electron chi connectivity index (χ1n) is 9.65. The molecule has 1 aromatic heterocycles. The van der Waals surface area contributed by atoms with E-state index in [4.69, 9.17) is 16.6 Å². The van der Waals surface area contributed by atoms with Gasteiger partial charge < -0.3 is 10.2 Å². The molecule has 0 atom stereocenters. The van der Waals surface area contributed by atoms with Crippen LogP contribution < -0.4 is 5.32 Å². The molecule has 2 heterocycles. The molecule has 1 aromatic carbocycles. The maximum absolute atomic E-state index is 12.2. The third-order valence-electron chi connectivity index (χ3n) is 5.14. The highest BCUT2D eigenvalue weighted by atomic mass is 35.5. The van der Waals surface area contributed by atoms with Gasteiger partial charge in [-0.05, 0) is 55.5 Å². The second kappa shape index (κ2) is 9.20. The minimum absolute atomic E-state index is 0.0229. The maximum atomic E-state index is 12.2. The van der Waals surface area contributed by atoms with Crippen molar-refractivity contribution < 1.29 is 9.59 Å². The Morgan fingerprint density at radius 2 is 1.93 bits per heavy atom. The average molecular weight is 400 g/mol. The quantitative estimate of drug-likeness (QED) is 0.837. The van der Waals surface area contributed by atoms with Crippen LogP contribution in [-0.4, -0.2) is 41.3 Å². The van der Waals surface area contributed by atoms with E-state index in [1.54, 1.807) is 0 Å². The predicted molar refractivity (Wildman–Crippen MR) is 110 cm³/mol. The van der Waals surface area contributed by atoms with Crippen molar-refractivity contribution >= 4 is 23.4 Å². The molecule has 1 aliphatic heterocycles. The van der Waals surface area contributed by atoms with Crippen molar-refractivity contribution in [2.75, 3.05) is 19.6 Å². The highest BCUT2D eigenvalue weighted by Gasteiger charge is 2.25. The Bertz CT molecular complexity index is 861. The molecular weight excluding hydrogens is 374 g/mol. The largest absolute Gasteiger partial charge is 0.347 e. The Kier molecular flexibility index (Phi) is 6.68. The average Bonchev–Trinajstić information content (AvgIpc) is 2.67. The Labute approximate surface area is 171 Å². The van der Waals surface area contributed by atoms with Gasteiger partial charge in [0.25, 0.3) is 0 Å². The van der Waals surface area contributed by atoms with E-state index in [1.165, 1.54) is 12.5 Å². The zero-order valence-electron chi connectivity index (χ0n) is 16.4. The molecule has 1 aliphatic rings. The molecular formula is C22H26ClN3O2. The fourth-order valence-corrected chi connectivity index (χ4v) is 3.88. The standard InChI is InChI=1S/C22H26ClN3O2/c1-15-11-17(12-19-5-3-4-6-20(19)23)13-21(25-15)18-7-9-26(10-8-18)22(28)14-24-16(2)27/h3-6,11,13,18H,7-10,12,14H2,1-2H3,(H,24,27). The summed E-state index contributed by atoms with van der Waals surface area (Å²) in [5.41, 5.74) is 4.42. The van der Waals surface area contributed by atoms with Crippen molar-refractivity contribution in [2.24, 2.45) is 0 Å². The highest BCUT2D eigenvalue weighted by molar-refractivity contribution is 6.31. The second-order valence-corrected chi connectivity index (χ2v) is 7.78. The molecule has 0 unspecified atom stereocenters. The van der Waals surface area contributed by atoms with Crippen molar-refractivity contribution in [2.45, 2.75) is 39.0 Å². The van der Waals surface area contributed by atoms with E-state index in [1.807, 2.05) is 30.0 Å². The van der Waals surface area contributed by atoms with Crippen LogP contribution in [0.4, 0.5) is 0 Å². The number of hydrogen-bond acceptors (Lipinski definition) is 3. The number of rotatable bonds is 5. The Balaban J connectivity index is 1.65. The van der Waals surface area contributed by atoms with Crippen molar-refractivity contribution in [1.29, 1.82) is 0 Å². The van der Waals surface area contributed by atoms with Gasteiger partial charge >= 0.3 is 0 Å². The van der Waals surface area contributed by atoms with E-state index in [9.17, 15) is 9.59 Å². The van der Waals surface area contributed by atoms with Gasteiger partial charge in [-0.3, -0.25) is 14.6 Å². The number of halogens is 1. The van der Waals surface area contributed by atoms with Gasteiger partial charge in [-0.2, -0.15) is 0 Å². The van der Waals surface area contributed by atoms with Crippen LogP contribution in [0.1, 0.15) is 48.2 Å². The van der Waals surface area contributed by atoms with Crippen LogP contribution in [0, 0.1) is 6.92 Å². The molecule has 0 bridgehead atoms. The summed E-state index contributed by atoms with van der Waals surface area (Å²) in [5, 5.41) is 3.36. The first kappa shape index (κ1) is 20.3. The smallest absolute Gasteiger partial charge is 0.241 e. The first-order valence-corrected chi connectivity index (χ1v) is 10.0. The summed E-state index contributed by atoms with van der Waals surface area (Å²) in [4.78, 5) is 29.7. The number of nitrogens with zero attached hydrogens (tertiary/aromatic N) is 2. The van der Waals surface area contributed by atoms with E-state index in [2.05, 4.69) is 23.5 Å². The molecule has 6 heteroatoms. The highest BCUT2D eigenvalue weighted by Crippen LogP contribution is 2.29. The molecule has 3 rings (SSSR count). The van der Waals surface area contributed by atoms with E-state index >= 15 is 0 Å². The van der Waals surface area contributed by atoms with E-state index in [-0.39, 0.29) is 18.4 Å². The number of aryl methyl sites for hydroxylation is 1. The fraction of sp³-hybridized carbons (Fsp3) is 0.409. The van der Waals surface area contributed by atoms with Crippen LogP contribution in [0.3, 0.4) is 0 Å². The summed E-state index contributed by atoms with van der Waals surface area (Å²) in [6.07, 6.45) is 2.55. The molecule has 0 saturated carbocycles. The topological polar surface area (TPSA) is 62.3 Å². The lowest BCUT2D eigenvalue weighted by Gasteiger charge is -2.32. The number of carbonyl (C=O) groups is 2. The molecule has 2 amide bonds. The fourth-order valence-electron chi connectivity index (χ4n) is 3.68. The van der Waals surface area contributed by atoms with Gasteiger partial charge in [-0.25, -0.2) is 0 Å². The zero-order valence-corrected chi connectivity index (χ0v) is 17.1. The summed E-state index contributed by atoms with van der Waals surface area (Å²) in [6.45, 7) is 4.90. The molecule has 1 saturated heterocycles.